The molecular weight excluding hydrogens is 301 g/mol. The van der Waals surface area contributed by atoms with Gasteiger partial charge in [-0.3, -0.25) is 4.79 Å². The minimum absolute atomic E-state index is 0.106. The summed E-state index contributed by atoms with van der Waals surface area (Å²) in [4.78, 5) is 18.0. The van der Waals surface area contributed by atoms with Crippen LogP contribution in [0.1, 0.15) is 17.8 Å². The van der Waals surface area contributed by atoms with Crippen molar-refractivity contribution in [3.63, 3.8) is 0 Å². The van der Waals surface area contributed by atoms with Crippen molar-refractivity contribution in [2.45, 2.75) is 18.7 Å². The van der Waals surface area contributed by atoms with E-state index in [9.17, 15) is 9.18 Å². The molecule has 0 saturated carbocycles. The predicted octanol–water partition coefficient (Wildman–Crippen LogP) is 2.84. The van der Waals surface area contributed by atoms with Gasteiger partial charge in [-0.25, -0.2) is 9.37 Å². The van der Waals surface area contributed by atoms with Crippen LogP contribution in [0.4, 0.5) is 4.39 Å². The molecule has 0 aliphatic rings. The van der Waals surface area contributed by atoms with E-state index in [1.54, 1.807) is 42.0 Å². The Labute approximate surface area is 134 Å². The smallest absolute Gasteiger partial charge is 0.223 e. The quantitative estimate of drug-likeness (QED) is 0.736. The second kappa shape index (κ2) is 7.98. The Kier molecular flexibility index (Phi) is 6.00. The minimum atomic E-state index is -0.222. The fourth-order valence-corrected chi connectivity index (χ4v) is 2.86. The summed E-state index contributed by atoms with van der Waals surface area (Å²) in [5, 5.41) is 0. The maximum atomic E-state index is 12.8. The molecule has 118 valence electrons. The van der Waals surface area contributed by atoms with Gasteiger partial charge in [-0.15, -0.1) is 0 Å². The van der Waals surface area contributed by atoms with Crippen LogP contribution in [0.3, 0.4) is 0 Å². The van der Waals surface area contributed by atoms with Gasteiger partial charge in [0, 0.05) is 44.4 Å². The molecule has 1 heterocycles. The molecule has 1 aromatic heterocycles. The van der Waals surface area contributed by atoms with Crippen LogP contribution in [0.25, 0.3) is 0 Å². The van der Waals surface area contributed by atoms with Gasteiger partial charge in [0.05, 0.1) is 6.54 Å². The predicted molar refractivity (Wildman–Crippen MR) is 86.9 cm³/mol. The van der Waals surface area contributed by atoms with Gasteiger partial charge < -0.3 is 9.47 Å². The van der Waals surface area contributed by atoms with Gasteiger partial charge in [0.2, 0.25) is 5.91 Å². The molecule has 0 spiro atoms. The third kappa shape index (κ3) is 4.87. The Morgan fingerprint density at radius 3 is 2.73 bits per heavy atom. The summed E-state index contributed by atoms with van der Waals surface area (Å²) in [5.41, 5.74) is 1.07. The SMILES string of the molecule is CN(Cc1nccn1C)C(=O)CCSCc1ccc(F)cc1. The first-order valence-corrected chi connectivity index (χ1v) is 8.24. The zero-order chi connectivity index (χ0) is 15.9. The van der Waals surface area contributed by atoms with Crippen molar-refractivity contribution in [3.05, 3.63) is 53.9 Å². The molecular formula is C16H20FN3OS. The highest BCUT2D eigenvalue weighted by Gasteiger charge is 2.11. The third-order valence-electron chi connectivity index (χ3n) is 3.37. The van der Waals surface area contributed by atoms with Gasteiger partial charge in [-0.2, -0.15) is 11.8 Å². The lowest BCUT2D eigenvalue weighted by molar-refractivity contribution is -0.130. The van der Waals surface area contributed by atoms with Gasteiger partial charge in [-0.1, -0.05) is 12.1 Å². The average Bonchev–Trinajstić information content (AvgIpc) is 2.90. The molecule has 0 atom stereocenters. The molecule has 0 fully saturated rings. The number of hydrogen-bond acceptors (Lipinski definition) is 3. The molecule has 22 heavy (non-hydrogen) atoms. The highest BCUT2D eigenvalue weighted by molar-refractivity contribution is 7.98. The first kappa shape index (κ1) is 16.5. The van der Waals surface area contributed by atoms with E-state index in [-0.39, 0.29) is 11.7 Å². The number of nitrogens with zero attached hydrogens (tertiary/aromatic N) is 3. The number of carbonyl (C=O) groups excluding carboxylic acids is 1. The second-order valence-electron chi connectivity index (χ2n) is 5.13. The van der Waals surface area contributed by atoms with Crippen LogP contribution in [-0.4, -0.2) is 33.2 Å². The first-order valence-electron chi connectivity index (χ1n) is 7.08. The summed E-state index contributed by atoms with van der Waals surface area (Å²) in [5.74, 6) is 2.29. The highest BCUT2D eigenvalue weighted by Crippen LogP contribution is 2.14. The summed E-state index contributed by atoms with van der Waals surface area (Å²) in [6, 6.07) is 6.47. The molecule has 4 nitrogen and oxygen atoms in total. The van der Waals surface area contributed by atoms with Gasteiger partial charge in [-0.05, 0) is 17.7 Å². The Bertz CT molecular complexity index is 612. The molecule has 0 bridgehead atoms. The number of halogens is 1. The molecule has 0 N–H and O–H groups in total. The summed E-state index contributed by atoms with van der Waals surface area (Å²) < 4.78 is 14.7. The monoisotopic (exact) mass is 321 g/mol. The molecule has 2 aromatic rings. The molecule has 0 aliphatic heterocycles. The van der Waals surface area contributed by atoms with Crippen LogP contribution < -0.4 is 0 Å². The van der Waals surface area contributed by atoms with E-state index < -0.39 is 0 Å². The summed E-state index contributed by atoms with van der Waals surface area (Å²) in [7, 11) is 3.71. The lowest BCUT2D eigenvalue weighted by atomic mass is 10.2. The van der Waals surface area contributed by atoms with Gasteiger partial charge in [0.15, 0.2) is 0 Å². The lowest BCUT2D eigenvalue weighted by Gasteiger charge is -2.16. The van der Waals surface area contributed by atoms with Crippen LogP contribution in [0, 0.1) is 5.82 Å². The van der Waals surface area contributed by atoms with Crippen LogP contribution in [-0.2, 0) is 24.1 Å². The molecule has 0 unspecified atom stereocenters. The van der Waals surface area contributed by atoms with Crippen molar-refractivity contribution in [3.8, 4) is 0 Å². The number of rotatable bonds is 7. The molecule has 2 rings (SSSR count). The average molecular weight is 321 g/mol. The van der Waals surface area contributed by atoms with Crippen molar-refractivity contribution >= 4 is 17.7 Å². The number of aromatic nitrogens is 2. The van der Waals surface area contributed by atoms with E-state index in [2.05, 4.69) is 4.98 Å². The Morgan fingerprint density at radius 1 is 1.36 bits per heavy atom. The fourth-order valence-electron chi connectivity index (χ4n) is 1.97. The van der Waals surface area contributed by atoms with Crippen molar-refractivity contribution in [1.82, 2.24) is 14.5 Å². The number of carbonyl (C=O) groups is 1. The summed E-state index contributed by atoms with van der Waals surface area (Å²) >= 11 is 1.68. The van der Waals surface area contributed by atoms with E-state index in [1.165, 1.54) is 12.1 Å². The van der Waals surface area contributed by atoms with Gasteiger partial charge in [0.1, 0.15) is 11.6 Å². The summed E-state index contributed by atoms with van der Waals surface area (Å²) in [6.45, 7) is 0.519. The van der Waals surface area contributed by atoms with Gasteiger partial charge >= 0.3 is 0 Å². The zero-order valence-corrected chi connectivity index (χ0v) is 13.6. The maximum Gasteiger partial charge on any atom is 0.223 e. The molecule has 0 aliphatic carbocycles. The Morgan fingerprint density at radius 2 is 2.09 bits per heavy atom. The van der Waals surface area contributed by atoms with E-state index in [1.807, 2.05) is 17.8 Å². The largest absolute Gasteiger partial charge is 0.338 e. The maximum absolute atomic E-state index is 12.8. The van der Waals surface area contributed by atoms with E-state index in [0.29, 0.717) is 13.0 Å². The number of aryl methyl sites for hydroxylation is 1. The summed E-state index contributed by atoms with van der Waals surface area (Å²) in [6.07, 6.45) is 4.09. The lowest BCUT2D eigenvalue weighted by Crippen LogP contribution is -2.27. The Hall–Kier alpha value is -1.82. The van der Waals surface area contributed by atoms with Crippen LogP contribution in [0.15, 0.2) is 36.7 Å². The number of hydrogen-bond donors (Lipinski definition) is 0. The van der Waals surface area contributed by atoms with Crippen molar-refractivity contribution in [1.29, 1.82) is 0 Å². The van der Waals surface area contributed by atoms with Crippen molar-refractivity contribution in [2.24, 2.45) is 7.05 Å². The van der Waals surface area contributed by atoms with E-state index in [0.717, 1.165) is 22.9 Å². The standard InChI is InChI=1S/C16H20FN3OS/c1-19-9-8-18-15(19)11-20(2)16(21)7-10-22-12-13-3-5-14(17)6-4-13/h3-6,8-9H,7,10-12H2,1-2H3. The van der Waals surface area contributed by atoms with Crippen LogP contribution in [0.2, 0.25) is 0 Å². The van der Waals surface area contributed by atoms with Gasteiger partial charge in [0.25, 0.3) is 0 Å². The molecule has 6 heteroatoms. The molecule has 0 radical (unpaired) electrons. The third-order valence-corrected chi connectivity index (χ3v) is 4.40. The van der Waals surface area contributed by atoms with Crippen LogP contribution >= 0.6 is 11.8 Å². The minimum Gasteiger partial charge on any atom is -0.338 e. The topological polar surface area (TPSA) is 38.1 Å². The zero-order valence-electron chi connectivity index (χ0n) is 12.8. The van der Waals surface area contributed by atoms with Crippen molar-refractivity contribution in [2.75, 3.05) is 12.8 Å². The van der Waals surface area contributed by atoms with E-state index in [4.69, 9.17) is 0 Å². The second-order valence-corrected chi connectivity index (χ2v) is 6.24. The number of thioether (sulfide) groups is 1. The molecule has 1 amide bonds. The molecule has 1 aromatic carbocycles. The number of imidazole rings is 1. The van der Waals surface area contributed by atoms with Crippen LogP contribution in [0.5, 0.6) is 0 Å². The molecule has 0 saturated heterocycles. The van der Waals surface area contributed by atoms with E-state index >= 15 is 0 Å². The normalized spacial score (nSPS) is 10.7. The van der Waals surface area contributed by atoms with Crippen molar-refractivity contribution < 1.29 is 9.18 Å². The number of amides is 1. The highest BCUT2D eigenvalue weighted by atomic mass is 32.2. The number of benzene rings is 1. The first-order chi connectivity index (χ1) is 10.6. The Balaban J connectivity index is 1.69. The fraction of sp³-hybridized carbons (Fsp3) is 0.375.